The van der Waals surface area contributed by atoms with Gasteiger partial charge in [-0.2, -0.15) is 0 Å². The van der Waals surface area contributed by atoms with E-state index >= 15 is 0 Å². The van der Waals surface area contributed by atoms with Gasteiger partial charge in [0.15, 0.2) is 5.89 Å². The van der Waals surface area contributed by atoms with Crippen LogP contribution in [0, 0.1) is 5.92 Å². The number of rotatable bonds is 5. The Kier molecular flexibility index (Phi) is 4.04. The lowest BCUT2D eigenvalue weighted by atomic mass is 10.0. The van der Waals surface area contributed by atoms with Crippen molar-refractivity contribution in [1.82, 2.24) is 4.98 Å². The lowest BCUT2D eigenvalue weighted by Gasteiger charge is -2.05. The Balaban J connectivity index is 2.04. The van der Waals surface area contributed by atoms with Gasteiger partial charge in [0.05, 0.1) is 5.69 Å². The summed E-state index contributed by atoms with van der Waals surface area (Å²) in [5.41, 5.74) is 0.573. The van der Waals surface area contributed by atoms with Gasteiger partial charge in [0, 0.05) is 6.42 Å². The van der Waals surface area contributed by atoms with E-state index in [0.717, 1.165) is 18.8 Å². The summed E-state index contributed by atoms with van der Waals surface area (Å²) in [6.07, 6.45) is 7.07. The number of aromatic carboxylic acids is 1. The third kappa shape index (κ3) is 2.92. The molecule has 1 aliphatic rings. The second-order valence-electron chi connectivity index (χ2n) is 5.47. The number of carbonyl (C=O) groups is 1. The Morgan fingerprint density at radius 2 is 2.11 bits per heavy atom. The van der Waals surface area contributed by atoms with E-state index in [9.17, 15) is 4.79 Å². The van der Waals surface area contributed by atoms with E-state index in [-0.39, 0.29) is 11.7 Å². The second-order valence-corrected chi connectivity index (χ2v) is 5.47. The quantitative estimate of drug-likeness (QED) is 0.868. The maximum atomic E-state index is 11.1. The highest BCUT2D eigenvalue weighted by Crippen LogP contribution is 2.29. The van der Waals surface area contributed by atoms with Crippen molar-refractivity contribution in [2.24, 2.45) is 5.92 Å². The van der Waals surface area contributed by atoms with Crippen molar-refractivity contribution in [2.75, 3.05) is 0 Å². The molecular formula is C14H21NO3. The molecule has 0 amide bonds. The molecule has 0 spiro atoms. The van der Waals surface area contributed by atoms with Gasteiger partial charge < -0.3 is 9.52 Å². The van der Waals surface area contributed by atoms with Crippen LogP contribution >= 0.6 is 0 Å². The van der Waals surface area contributed by atoms with Crippen LogP contribution in [-0.4, -0.2) is 16.1 Å². The zero-order chi connectivity index (χ0) is 13.1. The largest absolute Gasteiger partial charge is 0.475 e. The second kappa shape index (κ2) is 5.55. The summed E-state index contributed by atoms with van der Waals surface area (Å²) in [6, 6.07) is 0. The topological polar surface area (TPSA) is 63.3 Å². The van der Waals surface area contributed by atoms with Crippen molar-refractivity contribution < 1.29 is 14.3 Å². The molecule has 0 aliphatic heterocycles. The lowest BCUT2D eigenvalue weighted by Crippen LogP contribution is -2.01. The maximum absolute atomic E-state index is 11.1. The molecule has 0 atom stereocenters. The number of hydrogen-bond acceptors (Lipinski definition) is 3. The number of aromatic nitrogens is 1. The van der Waals surface area contributed by atoms with Gasteiger partial charge in [-0.1, -0.05) is 39.5 Å². The molecule has 2 rings (SSSR count). The van der Waals surface area contributed by atoms with Gasteiger partial charge in [0.1, 0.15) is 0 Å². The summed E-state index contributed by atoms with van der Waals surface area (Å²) in [6.45, 7) is 3.87. The number of hydrogen-bond donors (Lipinski definition) is 1. The number of carboxylic acids is 1. The molecule has 1 fully saturated rings. The molecular weight excluding hydrogens is 230 g/mol. The maximum Gasteiger partial charge on any atom is 0.373 e. The van der Waals surface area contributed by atoms with Gasteiger partial charge >= 0.3 is 5.97 Å². The molecule has 1 aliphatic carbocycles. The van der Waals surface area contributed by atoms with Crippen LogP contribution in [0.15, 0.2) is 4.42 Å². The van der Waals surface area contributed by atoms with Crippen LogP contribution in [0.1, 0.15) is 74.0 Å². The first-order valence-corrected chi connectivity index (χ1v) is 6.80. The molecule has 1 saturated carbocycles. The molecule has 1 aromatic rings. The smallest absolute Gasteiger partial charge is 0.373 e. The van der Waals surface area contributed by atoms with Gasteiger partial charge in [0.2, 0.25) is 5.76 Å². The molecule has 1 aromatic heterocycles. The van der Waals surface area contributed by atoms with Crippen molar-refractivity contribution in [1.29, 1.82) is 0 Å². The number of carboxylic acid groups (broad SMARTS) is 1. The number of aryl methyl sites for hydroxylation is 1. The van der Waals surface area contributed by atoms with E-state index in [1.165, 1.54) is 25.7 Å². The van der Waals surface area contributed by atoms with Gasteiger partial charge in [-0.3, -0.25) is 0 Å². The summed E-state index contributed by atoms with van der Waals surface area (Å²) in [4.78, 5) is 15.4. The minimum atomic E-state index is -1.02. The fourth-order valence-corrected chi connectivity index (χ4v) is 2.66. The fraction of sp³-hybridized carbons (Fsp3) is 0.714. The van der Waals surface area contributed by atoms with Crippen molar-refractivity contribution >= 4 is 5.97 Å². The highest BCUT2D eigenvalue weighted by molar-refractivity contribution is 5.85. The minimum absolute atomic E-state index is 0.0198. The summed E-state index contributed by atoms with van der Waals surface area (Å²) >= 11 is 0. The third-order valence-corrected chi connectivity index (χ3v) is 3.68. The summed E-state index contributed by atoms with van der Waals surface area (Å²) < 4.78 is 5.39. The molecule has 1 heterocycles. The molecule has 4 nitrogen and oxygen atoms in total. The predicted octanol–water partition coefficient (Wildman–Crippen LogP) is 3.62. The Morgan fingerprint density at radius 3 is 2.61 bits per heavy atom. The highest BCUT2D eigenvalue weighted by Gasteiger charge is 2.22. The molecule has 0 bridgehead atoms. The Labute approximate surface area is 107 Å². The highest BCUT2D eigenvalue weighted by atomic mass is 16.4. The molecule has 0 unspecified atom stereocenters. The van der Waals surface area contributed by atoms with Crippen molar-refractivity contribution in [3.63, 3.8) is 0 Å². The monoisotopic (exact) mass is 251 g/mol. The van der Waals surface area contributed by atoms with E-state index in [1.54, 1.807) is 0 Å². The van der Waals surface area contributed by atoms with Gasteiger partial charge in [-0.15, -0.1) is 0 Å². The molecule has 18 heavy (non-hydrogen) atoms. The summed E-state index contributed by atoms with van der Waals surface area (Å²) in [5.74, 6) is 0.445. The van der Waals surface area contributed by atoms with E-state index in [0.29, 0.717) is 11.6 Å². The minimum Gasteiger partial charge on any atom is -0.475 e. The molecule has 0 radical (unpaired) electrons. The third-order valence-electron chi connectivity index (χ3n) is 3.68. The Bertz CT molecular complexity index is 417. The van der Waals surface area contributed by atoms with Crippen molar-refractivity contribution in [3.8, 4) is 0 Å². The standard InChI is InChI=1S/C14H21NO3/c1-9(2)12-13(14(16)17)18-11(15-12)8-7-10-5-3-4-6-10/h9-10H,3-8H2,1-2H3,(H,16,17). The van der Waals surface area contributed by atoms with Crippen molar-refractivity contribution in [3.05, 3.63) is 17.3 Å². The van der Waals surface area contributed by atoms with Crippen LogP contribution in [0.4, 0.5) is 0 Å². The molecule has 1 N–H and O–H groups in total. The first-order valence-electron chi connectivity index (χ1n) is 6.80. The van der Waals surface area contributed by atoms with Crippen LogP contribution in [0.25, 0.3) is 0 Å². The van der Waals surface area contributed by atoms with Gasteiger partial charge in [0.25, 0.3) is 0 Å². The summed E-state index contributed by atoms with van der Waals surface area (Å²) in [7, 11) is 0. The zero-order valence-electron chi connectivity index (χ0n) is 11.1. The first kappa shape index (κ1) is 13.1. The Hall–Kier alpha value is -1.32. The van der Waals surface area contributed by atoms with E-state index < -0.39 is 5.97 Å². The van der Waals surface area contributed by atoms with Crippen LogP contribution < -0.4 is 0 Å². The van der Waals surface area contributed by atoms with Crippen LogP contribution in [0.5, 0.6) is 0 Å². The Morgan fingerprint density at radius 1 is 1.44 bits per heavy atom. The van der Waals surface area contributed by atoms with Gasteiger partial charge in [-0.05, 0) is 18.3 Å². The van der Waals surface area contributed by atoms with Gasteiger partial charge in [-0.25, -0.2) is 9.78 Å². The lowest BCUT2D eigenvalue weighted by molar-refractivity contribution is 0.0658. The average molecular weight is 251 g/mol. The first-order chi connectivity index (χ1) is 8.58. The zero-order valence-corrected chi connectivity index (χ0v) is 11.1. The average Bonchev–Trinajstić information content (AvgIpc) is 2.95. The predicted molar refractivity (Wildman–Crippen MR) is 67.8 cm³/mol. The molecule has 100 valence electrons. The SMILES string of the molecule is CC(C)c1nc(CCC2CCCC2)oc1C(=O)O. The fourth-order valence-electron chi connectivity index (χ4n) is 2.66. The van der Waals surface area contributed by atoms with Crippen LogP contribution in [0.2, 0.25) is 0 Å². The van der Waals surface area contributed by atoms with Crippen LogP contribution in [-0.2, 0) is 6.42 Å². The normalized spacial score (nSPS) is 16.6. The molecule has 4 heteroatoms. The van der Waals surface area contributed by atoms with E-state index in [4.69, 9.17) is 9.52 Å². The van der Waals surface area contributed by atoms with Crippen molar-refractivity contribution in [2.45, 2.75) is 58.3 Å². The van der Waals surface area contributed by atoms with E-state index in [2.05, 4.69) is 4.98 Å². The molecule has 0 saturated heterocycles. The van der Waals surface area contributed by atoms with Crippen LogP contribution in [0.3, 0.4) is 0 Å². The number of nitrogens with zero attached hydrogens (tertiary/aromatic N) is 1. The molecule has 0 aromatic carbocycles. The van der Waals surface area contributed by atoms with E-state index in [1.807, 2.05) is 13.8 Å². The summed E-state index contributed by atoms with van der Waals surface area (Å²) in [5, 5.41) is 9.07. The number of oxazole rings is 1.